The van der Waals surface area contributed by atoms with Crippen LogP contribution >= 0.6 is 0 Å². The minimum absolute atomic E-state index is 0.0926. The van der Waals surface area contributed by atoms with Gasteiger partial charge in [-0.25, -0.2) is 14.0 Å². The number of hydrogen-bond donors (Lipinski definition) is 2. The van der Waals surface area contributed by atoms with Crippen LogP contribution in [-0.4, -0.2) is 65.9 Å². The number of carboxylic acids is 1. The van der Waals surface area contributed by atoms with Gasteiger partial charge in [-0.05, 0) is 74.7 Å². The van der Waals surface area contributed by atoms with Gasteiger partial charge in [-0.3, -0.25) is 10.1 Å². The molecule has 2 N–H and O–H groups in total. The van der Waals surface area contributed by atoms with Crippen LogP contribution in [-0.2, 0) is 16.0 Å². The number of aryl methyl sites for hydroxylation is 1. The van der Waals surface area contributed by atoms with Gasteiger partial charge in [-0.15, -0.1) is 0 Å². The van der Waals surface area contributed by atoms with Crippen molar-refractivity contribution in [1.29, 1.82) is 0 Å². The Morgan fingerprint density at radius 3 is 2.26 bits per heavy atom. The summed E-state index contributed by atoms with van der Waals surface area (Å²) < 4.78 is 29.8. The normalized spacial score (nSPS) is 11.4. The van der Waals surface area contributed by atoms with E-state index in [2.05, 4.69) is 5.32 Å². The number of nitrogens with one attached hydrogen (secondary N) is 1. The van der Waals surface area contributed by atoms with Crippen LogP contribution < -0.4 is 14.8 Å². The van der Waals surface area contributed by atoms with Crippen LogP contribution in [0.3, 0.4) is 0 Å². The number of amides is 2. The van der Waals surface area contributed by atoms with Crippen molar-refractivity contribution in [3.63, 3.8) is 0 Å². The first-order valence-electron chi connectivity index (χ1n) is 13.9. The van der Waals surface area contributed by atoms with Gasteiger partial charge >= 0.3 is 12.0 Å². The van der Waals surface area contributed by atoms with E-state index in [1.165, 1.54) is 18.2 Å². The molecular formula is C31H36FN3O8. The fourth-order valence-electron chi connectivity index (χ4n) is 4.16. The third-order valence-electron chi connectivity index (χ3n) is 6.47. The topological polar surface area (TPSA) is 140 Å². The number of carbonyl (C=O) groups is 2. The quantitative estimate of drug-likeness (QED) is 0.112. The fourth-order valence-corrected chi connectivity index (χ4v) is 4.16. The Kier molecular flexibility index (Phi) is 12.7. The van der Waals surface area contributed by atoms with E-state index >= 15 is 0 Å². The summed E-state index contributed by atoms with van der Waals surface area (Å²) >= 11 is 0. The average Bonchev–Trinajstić information content (AvgIpc) is 2.98. The summed E-state index contributed by atoms with van der Waals surface area (Å²) in [6.07, 6.45) is 0.514. The molecule has 0 aliphatic heterocycles. The Hall–Kier alpha value is -4.71. The summed E-state index contributed by atoms with van der Waals surface area (Å²) in [5.41, 5.74) is 1.47. The summed E-state index contributed by atoms with van der Waals surface area (Å²) in [4.78, 5) is 36.9. The van der Waals surface area contributed by atoms with Crippen LogP contribution in [0.1, 0.15) is 30.9 Å². The third kappa shape index (κ3) is 10.9. The summed E-state index contributed by atoms with van der Waals surface area (Å²) in [7, 11) is 0. The van der Waals surface area contributed by atoms with E-state index in [9.17, 15) is 29.2 Å². The standard InChI is InChI=1S/C31H36FN3O8/c1-3-41-29(30(36)37)20-23-7-12-26(13-8-23)43-19-17-34(16-4-5-18-42-27-14-9-24(32)10-15-27)31(38)33-25-11-6-22(2)28(21-25)35(39)40/h6-15,21,29H,3-5,16-20H2,1-2H3,(H,33,38)(H,36,37). The van der Waals surface area contributed by atoms with E-state index in [0.717, 1.165) is 5.56 Å². The Labute approximate surface area is 249 Å². The van der Waals surface area contributed by atoms with Crippen molar-refractivity contribution in [2.75, 3.05) is 38.2 Å². The molecule has 1 atom stereocenters. The fraction of sp³-hybridized carbons (Fsp3) is 0.355. The SMILES string of the molecule is CCOC(Cc1ccc(OCCN(CCCCOc2ccc(F)cc2)C(=O)Nc2ccc(C)c([N+](=O)[O-])c2)cc1)C(=O)O. The molecule has 0 heterocycles. The molecule has 3 aromatic carbocycles. The highest BCUT2D eigenvalue weighted by molar-refractivity contribution is 5.89. The van der Waals surface area contributed by atoms with Gasteiger partial charge in [-0.2, -0.15) is 0 Å². The molecule has 0 radical (unpaired) electrons. The number of benzene rings is 3. The van der Waals surface area contributed by atoms with Crippen molar-refractivity contribution in [3.8, 4) is 11.5 Å². The second-order valence-corrected chi connectivity index (χ2v) is 9.66. The number of ether oxygens (including phenoxy) is 3. The van der Waals surface area contributed by atoms with Gasteiger partial charge in [0, 0.05) is 36.9 Å². The summed E-state index contributed by atoms with van der Waals surface area (Å²) in [6, 6.07) is 16.8. The lowest BCUT2D eigenvalue weighted by atomic mass is 10.1. The summed E-state index contributed by atoms with van der Waals surface area (Å²) in [5.74, 6) is -0.274. The predicted molar refractivity (Wildman–Crippen MR) is 158 cm³/mol. The first kappa shape index (κ1) is 32.8. The zero-order chi connectivity index (χ0) is 31.2. The van der Waals surface area contributed by atoms with Crippen molar-refractivity contribution in [3.05, 3.63) is 93.8 Å². The van der Waals surface area contributed by atoms with Gasteiger partial charge < -0.3 is 29.5 Å². The van der Waals surface area contributed by atoms with Gasteiger partial charge in [0.15, 0.2) is 6.10 Å². The number of anilines is 1. The number of halogens is 1. The molecule has 12 heteroatoms. The number of nitro benzene ring substituents is 1. The highest BCUT2D eigenvalue weighted by Gasteiger charge is 2.19. The molecule has 0 aromatic heterocycles. The van der Waals surface area contributed by atoms with E-state index in [-0.39, 0.29) is 31.1 Å². The first-order valence-corrected chi connectivity index (χ1v) is 13.9. The Bertz CT molecular complexity index is 1350. The first-order chi connectivity index (χ1) is 20.7. The van der Waals surface area contributed by atoms with E-state index in [4.69, 9.17) is 14.2 Å². The van der Waals surface area contributed by atoms with Crippen LogP contribution in [0, 0.1) is 22.9 Å². The van der Waals surface area contributed by atoms with Crippen molar-refractivity contribution < 1.29 is 38.2 Å². The molecule has 2 amide bonds. The zero-order valence-electron chi connectivity index (χ0n) is 24.2. The minimum Gasteiger partial charge on any atom is -0.494 e. The number of hydrogen-bond acceptors (Lipinski definition) is 7. The molecule has 11 nitrogen and oxygen atoms in total. The Balaban J connectivity index is 1.57. The molecule has 43 heavy (non-hydrogen) atoms. The van der Waals surface area contributed by atoms with Crippen LogP contribution in [0.25, 0.3) is 0 Å². The molecule has 230 valence electrons. The number of urea groups is 1. The molecule has 0 bridgehead atoms. The van der Waals surface area contributed by atoms with Crippen molar-refractivity contribution in [2.45, 2.75) is 39.2 Å². The molecule has 1 unspecified atom stereocenters. The molecule has 3 rings (SSSR count). The van der Waals surface area contributed by atoms with Crippen molar-refractivity contribution in [1.82, 2.24) is 4.90 Å². The lowest BCUT2D eigenvalue weighted by Crippen LogP contribution is -2.38. The van der Waals surface area contributed by atoms with E-state index in [0.29, 0.717) is 55.4 Å². The van der Waals surface area contributed by atoms with Crippen LogP contribution in [0.5, 0.6) is 11.5 Å². The highest BCUT2D eigenvalue weighted by atomic mass is 19.1. The number of carbonyl (C=O) groups excluding carboxylic acids is 1. The second-order valence-electron chi connectivity index (χ2n) is 9.66. The van der Waals surface area contributed by atoms with E-state index < -0.39 is 23.0 Å². The maximum atomic E-state index is 13.2. The molecule has 3 aromatic rings. The molecular weight excluding hydrogens is 561 g/mol. The monoisotopic (exact) mass is 597 g/mol. The smallest absolute Gasteiger partial charge is 0.333 e. The number of carboxylic acid groups (broad SMARTS) is 1. The van der Waals surface area contributed by atoms with Crippen LogP contribution in [0.4, 0.5) is 20.6 Å². The summed E-state index contributed by atoms with van der Waals surface area (Å²) in [5, 5.41) is 23.4. The largest absolute Gasteiger partial charge is 0.494 e. The maximum absolute atomic E-state index is 13.2. The number of unbranched alkanes of at least 4 members (excludes halogenated alkanes) is 1. The molecule has 0 fully saturated rings. The van der Waals surface area contributed by atoms with E-state index in [1.54, 1.807) is 67.3 Å². The van der Waals surface area contributed by atoms with Crippen molar-refractivity contribution >= 4 is 23.4 Å². The van der Waals surface area contributed by atoms with Crippen LogP contribution in [0.2, 0.25) is 0 Å². The molecule has 0 spiro atoms. The molecule has 0 saturated carbocycles. The lowest BCUT2D eigenvalue weighted by Gasteiger charge is -2.23. The Morgan fingerprint density at radius 2 is 1.63 bits per heavy atom. The van der Waals surface area contributed by atoms with Crippen LogP contribution in [0.15, 0.2) is 66.7 Å². The molecule has 0 aliphatic rings. The second kappa shape index (κ2) is 16.7. The summed E-state index contributed by atoms with van der Waals surface area (Å²) in [6.45, 7) is 4.79. The number of nitro groups is 1. The minimum atomic E-state index is -1.03. The maximum Gasteiger partial charge on any atom is 0.333 e. The highest BCUT2D eigenvalue weighted by Crippen LogP contribution is 2.23. The number of aliphatic carboxylic acids is 1. The van der Waals surface area contributed by atoms with Gasteiger partial charge in [0.1, 0.15) is 23.9 Å². The molecule has 0 saturated heterocycles. The average molecular weight is 598 g/mol. The third-order valence-corrected chi connectivity index (χ3v) is 6.47. The van der Waals surface area contributed by atoms with Crippen molar-refractivity contribution in [2.24, 2.45) is 0 Å². The zero-order valence-corrected chi connectivity index (χ0v) is 24.2. The van der Waals surface area contributed by atoms with Gasteiger partial charge in [0.25, 0.3) is 5.69 Å². The number of nitrogens with zero attached hydrogens (tertiary/aromatic N) is 2. The van der Waals surface area contributed by atoms with E-state index in [1.807, 2.05) is 0 Å². The Morgan fingerprint density at radius 1 is 0.977 bits per heavy atom. The predicted octanol–water partition coefficient (Wildman–Crippen LogP) is 5.85. The van der Waals surface area contributed by atoms with Gasteiger partial charge in [-0.1, -0.05) is 18.2 Å². The van der Waals surface area contributed by atoms with Gasteiger partial charge in [0.05, 0.1) is 18.1 Å². The molecule has 0 aliphatic carbocycles. The van der Waals surface area contributed by atoms with Gasteiger partial charge in [0.2, 0.25) is 0 Å². The number of rotatable bonds is 17. The lowest BCUT2D eigenvalue weighted by molar-refractivity contribution is -0.385.